The second kappa shape index (κ2) is 6.32. The van der Waals surface area contributed by atoms with Crippen molar-refractivity contribution >= 4 is 5.95 Å². The van der Waals surface area contributed by atoms with Crippen LogP contribution in [-0.2, 0) is 11.8 Å². The minimum Gasteiger partial charge on any atom is -0.374 e. The van der Waals surface area contributed by atoms with Crippen LogP contribution in [0, 0.1) is 5.41 Å². The van der Waals surface area contributed by atoms with Crippen LogP contribution in [-0.4, -0.2) is 45.3 Å². The smallest absolute Gasteiger partial charge is 0.255 e. The Bertz CT molecular complexity index is 767. The van der Waals surface area contributed by atoms with Crippen LogP contribution in [0.15, 0.2) is 29.5 Å². The van der Waals surface area contributed by atoms with Gasteiger partial charge in [-0.2, -0.15) is 0 Å². The lowest BCUT2D eigenvalue weighted by molar-refractivity contribution is -0.0271. The summed E-state index contributed by atoms with van der Waals surface area (Å²) in [4.78, 5) is 27.3. The summed E-state index contributed by atoms with van der Waals surface area (Å²) in [6, 6.07) is 3.26. The summed E-state index contributed by atoms with van der Waals surface area (Å²) in [5.41, 5.74) is 1.13. The molecule has 0 N–H and O–H groups in total. The van der Waals surface area contributed by atoms with Crippen molar-refractivity contribution in [1.29, 1.82) is 0 Å². The molecular weight excluding hydrogens is 306 g/mol. The van der Waals surface area contributed by atoms with Crippen LogP contribution in [0.5, 0.6) is 0 Å². The molecule has 0 aromatic carbocycles. The highest BCUT2D eigenvalue weighted by molar-refractivity contribution is 5.55. The number of aromatic nitrogens is 4. The first-order chi connectivity index (χ1) is 11.4. The third-order valence-electron chi connectivity index (χ3n) is 4.27. The van der Waals surface area contributed by atoms with E-state index in [1.807, 2.05) is 0 Å². The normalized spacial score (nSPS) is 18.7. The Balaban J connectivity index is 1.98. The molecule has 2 aromatic heterocycles. The van der Waals surface area contributed by atoms with Gasteiger partial charge < -0.3 is 9.64 Å². The van der Waals surface area contributed by atoms with E-state index in [1.54, 1.807) is 23.9 Å². The van der Waals surface area contributed by atoms with Gasteiger partial charge in [0.2, 0.25) is 5.95 Å². The maximum Gasteiger partial charge on any atom is 0.255 e. The van der Waals surface area contributed by atoms with Crippen molar-refractivity contribution in [1.82, 2.24) is 19.5 Å². The van der Waals surface area contributed by atoms with E-state index < -0.39 is 0 Å². The van der Waals surface area contributed by atoms with Gasteiger partial charge in [-0.3, -0.25) is 9.36 Å². The molecule has 1 unspecified atom stereocenters. The lowest BCUT2D eigenvalue weighted by atomic mass is 9.88. The maximum absolute atomic E-state index is 12.4. The fraction of sp³-hybridized carbons (Fsp3) is 0.529. The zero-order valence-electron chi connectivity index (χ0n) is 14.6. The molecule has 0 aliphatic carbocycles. The summed E-state index contributed by atoms with van der Waals surface area (Å²) in [7, 11) is 1.75. The van der Waals surface area contributed by atoms with Crippen LogP contribution in [0.1, 0.15) is 20.8 Å². The molecule has 0 spiro atoms. The third-order valence-corrected chi connectivity index (χ3v) is 4.27. The van der Waals surface area contributed by atoms with Crippen molar-refractivity contribution in [3.05, 3.63) is 35.0 Å². The Morgan fingerprint density at radius 3 is 2.75 bits per heavy atom. The van der Waals surface area contributed by atoms with Crippen molar-refractivity contribution < 1.29 is 4.74 Å². The highest BCUT2D eigenvalue weighted by Crippen LogP contribution is 2.27. The lowest BCUT2D eigenvalue weighted by Crippen LogP contribution is -2.49. The molecular formula is C17H23N5O2. The molecule has 1 aliphatic heterocycles. The highest BCUT2D eigenvalue weighted by atomic mass is 16.5. The van der Waals surface area contributed by atoms with Crippen LogP contribution in [0.4, 0.5) is 5.95 Å². The van der Waals surface area contributed by atoms with Gasteiger partial charge in [0.05, 0.1) is 24.1 Å². The molecule has 0 amide bonds. The number of anilines is 1. The topological polar surface area (TPSA) is 73.1 Å². The quantitative estimate of drug-likeness (QED) is 0.831. The number of rotatable bonds is 2. The molecule has 24 heavy (non-hydrogen) atoms. The van der Waals surface area contributed by atoms with Gasteiger partial charge in [-0.25, -0.2) is 15.0 Å². The van der Waals surface area contributed by atoms with E-state index in [0.717, 1.165) is 0 Å². The van der Waals surface area contributed by atoms with Gasteiger partial charge in [0.15, 0.2) is 0 Å². The van der Waals surface area contributed by atoms with Gasteiger partial charge in [-0.05, 0) is 11.5 Å². The number of morpholine rings is 1. The molecule has 1 saturated heterocycles. The predicted molar refractivity (Wildman–Crippen MR) is 91.9 cm³/mol. The molecule has 0 saturated carbocycles. The van der Waals surface area contributed by atoms with E-state index in [1.165, 1.54) is 12.4 Å². The SMILES string of the molecule is Cn1c(N2CCOC(C(C)(C)C)C2)nc(-c2ccncn2)cc1=O. The molecule has 0 bridgehead atoms. The van der Waals surface area contributed by atoms with Gasteiger partial charge >= 0.3 is 0 Å². The molecule has 7 nitrogen and oxygen atoms in total. The summed E-state index contributed by atoms with van der Waals surface area (Å²) in [5.74, 6) is 0.647. The first-order valence-corrected chi connectivity index (χ1v) is 8.07. The molecule has 0 radical (unpaired) electrons. The van der Waals surface area contributed by atoms with Crippen molar-refractivity contribution in [3.63, 3.8) is 0 Å². The summed E-state index contributed by atoms with van der Waals surface area (Å²) >= 11 is 0. The van der Waals surface area contributed by atoms with Gasteiger partial charge in [0.1, 0.15) is 6.33 Å². The predicted octanol–water partition coefficient (Wildman–Crippen LogP) is 1.49. The van der Waals surface area contributed by atoms with Gasteiger partial charge in [-0.1, -0.05) is 20.8 Å². The van der Waals surface area contributed by atoms with Crippen molar-refractivity contribution in [2.75, 3.05) is 24.6 Å². The van der Waals surface area contributed by atoms with Gasteiger partial charge in [0, 0.05) is 32.4 Å². The molecule has 1 aliphatic rings. The molecule has 1 atom stereocenters. The summed E-state index contributed by atoms with van der Waals surface area (Å²) < 4.78 is 7.48. The minimum atomic E-state index is -0.104. The Morgan fingerprint density at radius 2 is 2.08 bits per heavy atom. The van der Waals surface area contributed by atoms with E-state index in [9.17, 15) is 4.79 Å². The third kappa shape index (κ3) is 3.31. The van der Waals surface area contributed by atoms with E-state index in [-0.39, 0.29) is 17.1 Å². The van der Waals surface area contributed by atoms with E-state index in [0.29, 0.717) is 37.0 Å². The second-order valence-electron chi connectivity index (χ2n) is 7.10. The second-order valence-corrected chi connectivity index (χ2v) is 7.10. The molecule has 1 fully saturated rings. The Kier molecular flexibility index (Phi) is 4.36. The monoisotopic (exact) mass is 329 g/mol. The number of hydrogen-bond donors (Lipinski definition) is 0. The van der Waals surface area contributed by atoms with Crippen LogP contribution < -0.4 is 10.5 Å². The Hall–Kier alpha value is -2.28. The lowest BCUT2D eigenvalue weighted by Gasteiger charge is -2.40. The average Bonchev–Trinajstić information content (AvgIpc) is 2.57. The van der Waals surface area contributed by atoms with E-state index in [2.05, 4.69) is 40.6 Å². The summed E-state index contributed by atoms with van der Waals surface area (Å²) in [5, 5.41) is 0. The fourth-order valence-electron chi connectivity index (χ4n) is 2.74. The molecule has 7 heteroatoms. The van der Waals surface area contributed by atoms with Crippen LogP contribution >= 0.6 is 0 Å². The summed E-state index contributed by atoms with van der Waals surface area (Å²) in [6.45, 7) is 8.51. The largest absolute Gasteiger partial charge is 0.374 e. The average molecular weight is 329 g/mol. The van der Waals surface area contributed by atoms with Gasteiger partial charge in [-0.15, -0.1) is 0 Å². The van der Waals surface area contributed by atoms with E-state index in [4.69, 9.17) is 4.74 Å². The highest BCUT2D eigenvalue weighted by Gasteiger charge is 2.32. The van der Waals surface area contributed by atoms with Crippen molar-refractivity contribution in [2.45, 2.75) is 26.9 Å². The zero-order valence-corrected chi connectivity index (χ0v) is 14.6. The first kappa shape index (κ1) is 16.6. The van der Waals surface area contributed by atoms with Gasteiger partial charge in [0.25, 0.3) is 5.56 Å². The van der Waals surface area contributed by atoms with Crippen molar-refractivity contribution in [2.24, 2.45) is 12.5 Å². The van der Waals surface area contributed by atoms with Crippen LogP contribution in [0.25, 0.3) is 11.4 Å². The number of nitrogens with zero attached hydrogens (tertiary/aromatic N) is 5. The Labute approximate surface area is 141 Å². The zero-order chi connectivity index (χ0) is 17.3. The number of ether oxygens (including phenoxy) is 1. The Morgan fingerprint density at radius 1 is 1.29 bits per heavy atom. The standard InChI is InChI=1S/C17H23N5O2/c1-17(2,3)14-10-22(7-8-24-14)16-20-13(9-15(23)21(16)4)12-5-6-18-11-19-12/h5-6,9,11,14H,7-8,10H2,1-4H3. The minimum absolute atomic E-state index is 0.0296. The fourth-order valence-corrected chi connectivity index (χ4v) is 2.74. The maximum atomic E-state index is 12.4. The molecule has 2 aromatic rings. The van der Waals surface area contributed by atoms with Crippen LogP contribution in [0.3, 0.4) is 0 Å². The summed E-state index contributed by atoms with van der Waals surface area (Å²) in [6.07, 6.45) is 3.19. The number of hydrogen-bond acceptors (Lipinski definition) is 6. The first-order valence-electron chi connectivity index (χ1n) is 8.07. The van der Waals surface area contributed by atoms with Crippen molar-refractivity contribution in [3.8, 4) is 11.4 Å². The molecule has 3 rings (SSSR count). The molecule has 128 valence electrons. The molecule has 3 heterocycles. The van der Waals surface area contributed by atoms with E-state index >= 15 is 0 Å². The van der Waals surface area contributed by atoms with Crippen LogP contribution in [0.2, 0.25) is 0 Å².